The minimum Gasteiger partial charge on any atom is -0.494 e. The van der Waals surface area contributed by atoms with Gasteiger partial charge in [0.15, 0.2) is 23.4 Å². The summed E-state index contributed by atoms with van der Waals surface area (Å²) in [5, 5.41) is 20.4. The Morgan fingerprint density at radius 1 is 1.12 bits per heavy atom. The molecular formula is C30H27FN6O2S. The van der Waals surface area contributed by atoms with Crippen molar-refractivity contribution in [3.05, 3.63) is 94.0 Å². The molecule has 0 saturated heterocycles. The number of nitrogen functional groups attached to an aromatic ring is 1. The zero-order chi connectivity index (χ0) is 27.5. The largest absolute Gasteiger partial charge is 0.494 e. The number of rotatable bonds is 6. The summed E-state index contributed by atoms with van der Waals surface area (Å²) in [7, 11) is 1.43. The molecule has 40 heavy (non-hydrogen) atoms. The summed E-state index contributed by atoms with van der Waals surface area (Å²) in [6, 6.07) is 14.5. The van der Waals surface area contributed by atoms with Crippen LogP contribution in [-0.4, -0.2) is 43.1 Å². The van der Waals surface area contributed by atoms with Crippen molar-refractivity contribution in [3.8, 4) is 17.0 Å². The van der Waals surface area contributed by atoms with Gasteiger partial charge in [0.25, 0.3) is 0 Å². The van der Waals surface area contributed by atoms with E-state index in [0.29, 0.717) is 22.3 Å². The van der Waals surface area contributed by atoms with Crippen molar-refractivity contribution >= 4 is 34.2 Å². The molecule has 10 heteroatoms. The van der Waals surface area contributed by atoms with E-state index in [0.717, 1.165) is 40.3 Å². The van der Waals surface area contributed by atoms with Crippen LogP contribution in [0.3, 0.4) is 0 Å². The van der Waals surface area contributed by atoms with Crippen LogP contribution >= 0.6 is 11.8 Å². The molecule has 2 aliphatic heterocycles. The monoisotopic (exact) mass is 554 g/mol. The Morgan fingerprint density at radius 3 is 2.65 bits per heavy atom. The number of anilines is 1. The van der Waals surface area contributed by atoms with Crippen molar-refractivity contribution in [2.75, 3.05) is 12.8 Å². The van der Waals surface area contributed by atoms with Gasteiger partial charge in [-0.05, 0) is 66.5 Å². The number of methoxy groups -OCH3 is 1. The number of thioether (sulfide) groups is 1. The number of ether oxygens (including phenoxy) is 1. The molecule has 202 valence electrons. The summed E-state index contributed by atoms with van der Waals surface area (Å²) < 4.78 is 21.8. The average molecular weight is 555 g/mol. The summed E-state index contributed by atoms with van der Waals surface area (Å²) in [6.07, 6.45) is 4.76. The fraction of sp³-hybridized carbons (Fsp3) is 0.233. The molecule has 2 aromatic carbocycles. The van der Waals surface area contributed by atoms with Gasteiger partial charge in [-0.15, -0.1) is 0 Å². The van der Waals surface area contributed by atoms with E-state index in [-0.39, 0.29) is 23.5 Å². The molecule has 0 amide bonds. The molecule has 0 spiro atoms. The summed E-state index contributed by atoms with van der Waals surface area (Å²) in [6.45, 7) is 2.00. The molecular weight excluding hydrogens is 527 g/mol. The maximum absolute atomic E-state index is 14.8. The first-order chi connectivity index (χ1) is 19.5. The van der Waals surface area contributed by atoms with Crippen LogP contribution in [0.1, 0.15) is 31.4 Å². The highest BCUT2D eigenvalue weighted by Crippen LogP contribution is 2.52. The number of aliphatic hydroxyl groups excluding tert-OH is 1. The second-order valence-corrected chi connectivity index (χ2v) is 11.1. The van der Waals surface area contributed by atoms with Crippen molar-refractivity contribution < 1.29 is 14.2 Å². The number of halogens is 1. The van der Waals surface area contributed by atoms with Crippen molar-refractivity contribution in [2.45, 2.75) is 32.0 Å². The number of fused-ring (bicyclic) bond motifs is 2. The van der Waals surface area contributed by atoms with Gasteiger partial charge in [0, 0.05) is 16.8 Å². The van der Waals surface area contributed by atoms with Crippen LogP contribution in [0.5, 0.6) is 5.75 Å². The first kappa shape index (κ1) is 24.9. The van der Waals surface area contributed by atoms with E-state index in [1.54, 1.807) is 23.9 Å². The van der Waals surface area contributed by atoms with Crippen LogP contribution in [0.4, 0.5) is 10.2 Å². The Kier molecular flexibility index (Phi) is 5.90. The van der Waals surface area contributed by atoms with Crippen molar-refractivity contribution in [2.24, 2.45) is 5.92 Å². The lowest BCUT2D eigenvalue weighted by molar-refractivity contribution is 0.109. The number of benzene rings is 2. The van der Waals surface area contributed by atoms with Crippen molar-refractivity contribution in [1.29, 1.82) is 0 Å². The number of hydrogen-bond donors (Lipinski definition) is 2. The average Bonchev–Trinajstić information content (AvgIpc) is 3.61. The molecule has 7 rings (SSSR count). The Morgan fingerprint density at radius 2 is 1.93 bits per heavy atom. The van der Waals surface area contributed by atoms with Crippen LogP contribution in [0.2, 0.25) is 0 Å². The Labute approximate surface area is 234 Å². The fourth-order valence-corrected chi connectivity index (χ4v) is 6.68. The van der Waals surface area contributed by atoms with Gasteiger partial charge in [-0.1, -0.05) is 42.1 Å². The molecule has 3 N–H and O–H groups in total. The number of aromatic nitrogens is 4. The van der Waals surface area contributed by atoms with E-state index < -0.39 is 12.0 Å². The highest BCUT2D eigenvalue weighted by Gasteiger charge is 2.43. The van der Waals surface area contributed by atoms with E-state index in [1.165, 1.54) is 19.5 Å². The standard InChI is InChI=1S/C30H27FN6O2S/c1-16-14-40-23-13-20(24(30(38)36(16)23)17-6-4-3-5-7-17)27(18-8-9-18)37-29-25(28(32)33-15-34-29)26(35-37)19-10-11-22(39-2)21(31)12-19/h3-7,10-15,18,27,30,38H,8-9H2,1-2H3,(H2,32,33,34). The molecule has 3 aliphatic rings. The SMILES string of the molecule is COc1ccc(-c2nn(C(C3=C(c4ccccc4)C(O)N4C(C)=CSC4=C3)C3CC3)c3ncnc(N)c23)cc1F. The lowest BCUT2D eigenvalue weighted by atomic mass is 9.89. The molecule has 2 unspecified atom stereocenters. The molecule has 0 radical (unpaired) electrons. The van der Waals surface area contributed by atoms with E-state index in [4.69, 9.17) is 15.6 Å². The molecule has 2 aromatic heterocycles. The minimum atomic E-state index is -0.860. The third-order valence-electron chi connectivity index (χ3n) is 7.74. The van der Waals surface area contributed by atoms with Crippen LogP contribution in [0.25, 0.3) is 27.9 Å². The van der Waals surface area contributed by atoms with Gasteiger partial charge in [0.2, 0.25) is 0 Å². The maximum Gasteiger partial charge on any atom is 0.165 e. The van der Waals surface area contributed by atoms with Gasteiger partial charge >= 0.3 is 0 Å². The first-order valence-electron chi connectivity index (χ1n) is 13.1. The van der Waals surface area contributed by atoms with Crippen molar-refractivity contribution in [1.82, 2.24) is 24.6 Å². The van der Waals surface area contributed by atoms with Crippen LogP contribution in [-0.2, 0) is 0 Å². The maximum atomic E-state index is 14.8. The zero-order valence-corrected chi connectivity index (χ0v) is 22.8. The number of hydrogen-bond acceptors (Lipinski definition) is 8. The summed E-state index contributed by atoms with van der Waals surface area (Å²) in [5.74, 6) is 0.209. The number of nitrogens with zero attached hydrogens (tertiary/aromatic N) is 5. The minimum absolute atomic E-state index is 0.149. The lowest BCUT2D eigenvalue weighted by Gasteiger charge is -2.36. The molecule has 0 bridgehead atoms. The van der Waals surface area contributed by atoms with Crippen LogP contribution in [0, 0.1) is 11.7 Å². The lowest BCUT2D eigenvalue weighted by Crippen LogP contribution is -2.36. The number of nitrogens with two attached hydrogens (primary N) is 1. The van der Waals surface area contributed by atoms with E-state index in [2.05, 4.69) is 21.5 Å². The molecule has 4 aromatic rings. The smallest absolute Gasteiger partial charge is 0.165 e. The fourth-order valence-electron chi connectivity index (χ4n) is 5.72. The Bertz CT molecular complexity index is 1740. The third kappa shape index (κ3) is 3.89. The molecule has 1 saturated carbocycles. The molecule has 4 heterocycles. The molecule has 1 fully saturated rings. The Hall–Kier alpha value is -4.15. The van der Waals surface area contributed by atoms with Crippen molar-refractivity contribution in [3.63, 3.8) is 0 Å². The highest BCUT2D eigenvalue weighted by atomic mass is 32.2. The number of allylic oxidation sites excluding steroid dienone is 3. The third-order valence-corrected chi connectivity index (χ3v) is 8.75. The molecule has 1 aliphatic carbocycles. The van der Waals surface area contributed by atoms with Gasteiger partial charge in [-0.3, -0.25) is 0 Å². The normalized spacial score (nSPS) is 19.5. The van der Waals surface area contributed by atoms with Gasteiger partial charge in [-0.2, -0.15) is 5.10 Å². The zero-order valence-electron chi connectivity index (χ0n) is 22.0. The quantitative estimate of drug-likeness (QED) is 0.312. The van der Waals surface area contributed by atoms with Crippen LogP contribution in [0.15, 0.2) is 82.6 Å². The van der Waals surface area contributed by atoms with Gasteiger partial charge in [-0.25, -0.2) is 19.0 Å². The predicted molar refractivity (Wildman–Crippen MR) is 154 cm³/mol. The van der Waals surface area contributed by atoms with Gasteiger partial charge < -0.3 is 20.5 Å². The topological polar surface area (TPSA) is 102 Å². The van der Waals surface area contributed by atoms with E-state index in [1.807, 2.05) is 46.8 Å². The van der Waals surface area contributed by atoms with E-state index in [9.17, 15) is 9.50 Å². The Balaban J connectivity index is 1.48. The summed E-state index contributed by atoms with van der Waals surface area (Å²) in [5.41, 5.74) is 11.8. The van der Waals surface area contributed by atoms with Gasteiger partial charge in [0.05, 0.1) is 23.6 Å². The summed E-state index contributed by atoms with van der Waals surface area (Å²) >= 11 is 1.60. The summed E-state index contributed by atoms with van der Waals surface area (Å²) in [4.78, 5) is 10.8. The molecule has 8 nitrogen and oxygen atoms in total. The van der Waals surface area contributed by atoms with Gasteiger partial charge in [0.1, 0.15) is 17.8 Å². The second kappa shape index (κ2) is 9.50. The second-order valence-electron chi connectivity index (χ2n) is 10.2. The molecule has 2 atom stereocenters. The number of aliphatic hydroxyl groups is 1. The predicted octanol–water partition coefficient (Wildman–Crippen LogP) is 5.71. The first-order valence-corrected chi connectivity index (χ1v) is 14.0. The highest BCUT2D eigenvalue weighted by molar-refractivity contribution is 8.06. The van der Waals surface area contributed by atoms with E-state index >= 15 is 0 Å². The van der Waals surface area contributed by atoms with Crippen LogP contribution < -0.4 is 10.5 Å².